The van der Waals surface area contributed by atoms with Gasteiger partial charge in [-0.3, -0.25) is 4.98 Å². The first-order chi connectivity index (χ1) is 9.20. The van der Waals surface area contributed by atoms with E-state index < -0.39 is 0 Å². The van der Waals surface area contributed by atoms with Gasteiger partial charge in [0.25, 0.3) is 0 Å². The van der Waals surface area contributed by atoms with Crippen molar-refractivity contribution >= 4 is 11.3 Å². The van der Waals surface area contributed by atoms with Gasteiger partial charge < -0.3 is 5.32 Å². The summed E-state index contributed by atoms with van der Waals surface area (Å²) in [7, 11) is 0. The van der Waals surface area contributed by atoms with Crippen LogP contribution in [0.3, 0.4) is 0 Å². The lowest BCUT2D eigenvalue weighted by atomic mass is 10.1. The van der Waals surface area contributed by atoms with E-state index in [4.69, 9.17) is 0 Å². The van der Waals surface area contributed by atoms with Crippen LogP contribution in [0.4, 0.5) is 0 Å². The summed E-state index contributed by atoms with van der Waals surface area (Å²) in [4.78, 5) is 10.1. The monoisotopic (exact) mass is 275 g/mol. The molecule has 2 aromatic rings. The topological polar surface area (TPSA) is 37.8 Å². The molecule has 2 heterocycles. The Kier molecular flexibility index (Phi) is 5.05. The third-order valence-electron chi connectivity index (χ3n) is 3.20. The van der Waals surface area contributed by atoms with Gasteiger partial charge in [0.1, 0.15) is 0 Å². The fourth-order valence-electron chi connectivity index (χ4n) is 2.02. The van der Waals surface area contributed by atoms with Crippen molar-refractivity contribution in [1.29, 1.82) is 0 Å². The number of nitrogens with one attached hydrogen (secondary N) is 1. The predicted molar refractivity (Wildman–Crippen MR) is 80.6 cm³/mol. The van der Waals surface area contributed by atoms with E-state index in [9.17, 15) is 0 Å². The fraction of sp³-hybridized carbons (Fsp3) is 0.467. The average Bonchev–Trinajstić information content (AvgIpc) is 2.74. The molecular weight excluding hydrogens is 254 g/mol. The van der Waals surface area contributed by atoms with E-state index in [-0.39, 0.29) is 0 Å². The second-order valence-electron chi connectivity index (χ2n) is 4.74. The van der Waals surface area contributed by atoms with Crippen LogP contribution in [0.2, 0.25) is 0 Å². The molecule has 0 radical (unpaired) electrons. The zero-order chi connectivity index (χ0) is 13.7. The number of aromatic nitrogens is 2. The highest BCUT2D eigenvalue weighted by atomic mass is 32.1. The molecule has 4 heteroatoms. The Morgan fingerprint density at radius 1 is 1.26 bits per heavy atom. The Hall–Kier alpha value is -1.26. The maximum atomic E-state index is 4.65. The molecule has 2 aromatic heterocycles. The van der Waals surface area contributed by atoms with Gasteiger partial charge >= 0.3 is 0 Å². The Labute approximate surface area is 119 Å². The van der Waals surface area contributed by atoms with E-state index in [1.54, 1.807) is 11.3 Å². The highest BCUT2D eigenvalue weighted by molar-refractivity contribution is 7.11. The molecule has 0 aliphatic carbocycles. The number of hydrogen-bond acceptors (Lipinski definition) is 4. The molecule has 0 fully saturated rings. The summed E-state index contributed by atoms with van der Waals surface area (Å²) in [6, 6.07) is 4.49. The quantitative estimate of drug-likeness (QED) is 0.877. The summed E-state index contributed by atoms with van der Waals surface area (Å²) in [5, 5.41) is 4.81. The van der Waals surface area contributed by atoms with Crippen molar-refractivity contribution in [1.82, 2.24) is 15.3 Å². The smallest absolute Gasteiger partial charge is 0.0949 e. The third-order valence-corrected chi connectivity index (χ3v) is 4.30. The minimum absolute atomic E-state index is 0.327. The van der Waals surface area contributed by atoms with Gasteiger partial charge in [-0.05, 0) is 44.5 Å². The summed E-state index contributed by atoms with van der Waals surface area (Å²) in [5.74, 6) is 0. The SMILES string of the molecule is CCCNC(Cc1nc(C)c(C)s1)c1ccncc1. The van der Waals surface area contributed by atoms with Crippen LogP contribution in [0.15, 0.2) is 24.5 Å². The number of rotatable bonds is 6. The van der Waals surface area contributed by atoms with Gasteiger partial charge in [0.2, 0.25) is 0 Å². The van der Waals surface area contributed by atoms with Crippen molar-refractivity contribution in [3.8, 4) is 0 Å². The summed E-state index contributed by atoms with van der Waals surface area (Å²) < 4.78 is 0. The summed E-state index contributed by atoms with van der Waals surface area (Å²) in [6.07, 6.45) is 5.80. The molecular formula is C15H21N3S. The third kappa shape index (κ3) is 3.85. The highest BCUT2D eigenvalue weighted by Crippen LogP contribution is 2.23. The zero-order valence-electron chi connectivity index (χ0n) is 11.8. The van der Waals surface area contributed by atoms with Gasteiger partial charge in [-0.1, -0.05) is 6.92 Å². The molecule has 1 N–H and O–H groups in total. The first-order valence-electron chi connectivity index (χ1n) is 6.77. The number of nitrogens with zero attached hydrogens (tertiary/aromatic N) is 2. The maximum absolute atomic E-state index is 4.65. The van der Waals surface area contributed by atoms with Crippen molar-refractivity contribution in [3.63, 3.8) is 0 Å². The molecule has 2 rings (SSSR count). The summed E-state index contributed by atoms with van der Waals surface area (Å²) >= 11 is 1.80. The molecule has 0 aliphatic rings. The molecule has 0 aromatic carbocycles. The normalized spacial score (nSPS) is 12.6. The van der Waals surface area contributed by atoms with E-state index >= 15 is 0 Å². The molecule has 1 unspecified atom stereocenters. The van der Waals surface area contributed by atoms with Crippen molar-refractivity contribution in [2.75, 3.05) is 6.54 Å². The van der Waals surface area contributed by atoms with Gasteiger partial charge in [0.05, 0.1) is 10.7 Å². The van der Waals surface area contributed by atoms with Crippen LogP contribution in [0.25, 0.3) is 0 Å². The van der Waals surface area contributed by atoms with Gasteiger partial charge in [-0.15, -0.1) is 11.3 Å². The lowest BCUT2D eigenvalue weighted by molar-refractivity contribution is 0.527. The average molecular weight is 275 g/mol. The zero-order valence-corrected chi connectivity index (χ0v) is 12.6. The summed E-state index contributed by atoms with van der Waals surface area (Å²) in [5.41, 5.74) is 2.44. The Morgan fingerprint density at radius 2 is 2.00 bits per heavy atom. The second kappa shape index (κ2) is 6.78. The van der Waals surface area contributed by atoms with Crippen LogP contribution in [-0.2, 0) is 6.42 Å². The number of hydrogen-bond donors (Lipinski definition) is 1. The van der Waals surface area contributed by atoms with E-state index in [1.807, 2.05) is 12.4 Å². The van der Waals surface area contributed by atoms with Gasteiger partial charge in [0.15, 0.2) is 0 Å². The van der Waals surface area contributed by atoms with Crippen LogP contribution >= 0.6 is 11.3 Å². The van der Waals surface area contributed by atoms with Gasteiger partial charge in [-0.25, -0.2) is 4.98 Å². The van der Waals surface area contributed by atoms with Gasteiger partial charge in [-0.2, -0.15) is 0 Å². The molecule has 0 aliphatic heterocycles. The van der Waals surface area contributed by atoms with Crippen molar-refractivity contribution in [2.24, 2.45) is 0 Å². The number of thiazole rings is 1. The molecule has 0 saturated carbocycles. The molecule has 19 heavy (non-hydrogen) atoms. The predicted octanol–water partition coefficient (Wildman–Crippen LogP) is 3.44. The van der Waals surface area contributed by atoms with E-state index in [1.165, 1.54) is 15.4 Å². The van der Waals surface area contributed by atoms with Gasteiger partial charge in [0, 0.05) is 29.7 Å². The minimum atomic E-state index is 0.327. The van der Waals surface area contributed by atoms with Crippen LogP contribution in [0.5, 0.6) is 0 Å². The van der Waals surface area contributed by atoms with E-state index in [0.717, 1.165) is 25.1 Å². The maximum Gasteiger partial charge on any atom is 0.0949 e. The van der Waals surface area contributed by atoms with E-state index in [2.05, 4.69) is 48.2 Å². The summed E-state index contributed by atoms with van der Waals surface area (Å²) in [6.45, 7) is 7.43. The Morgan fingerprint density at radius 3 is 2.58 bits per heavy atom. The Bertz CT molecular complexity index is 488. The Balaban J connectivity index is 2.14. The van der Waals surface area contributed by atoms with E-state index in [0.29, 0.717) is 6.04 Å². The van der Waals surface area contributed by atoms with Crippen LogP contribution in [0.1, 0.15) is 40.5 Å². The van der Waals surface area contributed by atoms with Crippen molar-refractivity contribution < 1.29 is 0 Å². The standard InChI is InChI=1S/C15H21N3S/c1-4-7-17-14(13-5-8-16-9-6-13)10-15-18-11(2)12(3)19-15/h5-6,8-9,14,17H,4,7,10H2,1-3H3. The number of pyridine rings is 1. The molecule has 0 saturated heterocycles. The number of aryl methyl sites for hydroxylation is 2. The minimum Gasteiger partial charge on any atom is -0.310 e. The molecule has 1 atom stereocenters. The molecule has 3 nitrogen and oxygen atoms in total. The first kappa shape index (κ1) is 14.2. The molecule has 0 spiro atoms. The lowest BCUT2D eigenvalue weighted by Gasteiger charge is -2.17. The fourth-order valence-corrected chi connectivity index (χ4v) is 3.00. The molecule has 0 amide bonds. The van der Waals surface area contributed by atoms with Crippen molar-refractivity contribution in [3.05, 3.63) is 45.7 Å². The second-order valence-corrected chi connectivity index (χ2v) is 6.03. The first-order valence-corrected chi connectivity index (χ1v) is 7.58. The highest BCUT2D eigenvalue weighted by Gasteiger charge is 2.14. The van der Waals surface area contributed by atoms with Crippen LogP contribution in [-0.4, -0.2) is 16.5 Å². The largest absolute Gasteiger partial charge is 0.310 e. The lowest BCUT2D eigenvalue weighted by Crippen LogP contribution is -2.24. The van der Waals surface area contributed by atoms with Crippen LogP contribution < -0.4 is 5.32 Å². The van der Waals surface area contributed by atoms with Crippen LogP contribution in [0, 0.1) is 13.8 Å². The molecule has 0 bridgehead atoms. The molecule has 102 valence electrons. The van der Waals surface area contributed by atoms with Crippen molar-refractivity contribution in [2.45, 2.75) is 39.7 Å².